The van der Waals surface area contributed by atoms with Crippen molar-refractivity contribution in [1.82, 2.24) is 15.2 Å². The van der Waals surface area contributed by atoms with Crippen molar-refractivity contribution in [2.75, 3.05) is 25.5 Å². The summed E-state index contributed by atoms with van der Waals surface area (Å²) in [7, 11) is 1.76. The minimum absolute atomic E-state index is 0.00904. The lowest BCUT2D eigenvalue weighted by Crippen LogP contribution is -2.49. The molecule has 258 valence electrons. The Bertz CT molecular complexity index is 1800. The molecule has 0 saturated carbocycles. The van der Waals surface area contributed by atoms with E-state index in [2.05, 4.69) is 66.3 Å². The van der Waals surface area contributed by atoms with Gasteiger partial charge in [-0.05, 0) is 84.7 Å². The first-order valence-electron chi connectivity index (χ1n) is 16.8. The highest BCUT2D eigenvalue weighted by molar-refractivity contribution is 6.37. The molecule has 2 aliphatic rings. The minimum Gasteiger partial charge on any atom is -0.507 e. The molecule has 0 aromatic heterocycles. The molecular formula is C39H48ClN7O2. The number of piperidine rings is 1. The van der Waals surface area contributed by atoms with Gasteiger partial charge in [-0.3, -0.25) is 4.79 Å². The van der Waals surface area contributed by atoms with E-state index in [0.717, 1.165) is 70.8 Å². The van der Waals surface area contributed by atoms with E-state index >= 15 is 0 Å². The van der Waals surface area contributed by atoms with E-state index in [4.69, 9.17) is 22.3 Å². The summed E-state index contributed by atoms with van der Waals surface area (Å²) in [5.74, 6) is 0.906. The molecule has 10 heteroatoms. The van der Waals surface area contributed by atoms with Crippen molar-refractivity contribution in [3.05, 3.63) is 117 Å². The molecule has 1 fully saturated rings. The van der Waals surface area contributed by atoms with Crippen molar-refractivity contribution in [3.63, 3.8) is 0 Å². The lowest BCUT2D eigenvalue weighted by Gasteiger charge is -2.37. The second-order valence-corrected chi connectivity index (χ2v) is 13.9. The molecule has 0 bridgehead atoms. The molecule has 5 N–H and O–H groups in total. The van der Waals surface area contributed by atoms with Gasteiger partial charge in [0.15, 0.2) is 0 Å². The zero-order valence-electron chi connectivity index (χ0n) is 29.2. The first-order valence-corrected chi connectivity index (χ1v) is 17.2. The Morgan fingerprint density at radius 3 is 2.51 bits per heavy atom. The van der Waals surface area contributed by atoms with Crippen LogP contribution >= 0.6 is 11.6 Å². The number of benzene rings is 3. The van der Waals surface area contributed by atoms with Gasteiger partial charge in [-0.15, -0.1) is 0 Å². The number of phenolic OH excluding ortho intramolecular Hbond substituents is 1. The molecule has 1 saturated heterocycles. The van der Waals surface area contributed by atoms with Crippen molar-refractivity contribution in [1.29, 1.82) is 0 Å². The van der Waals surface area contributed by atoms with Crippen LogP contribution in [0, 0.1) is 0 Å². The number of allylic oxidation sites excluding steroid dienone is 1. The van der Waals surface area contributed by atoms with Crippen molar-refractivity contribution in [2.24, 2.45) is 15.8 Å². The van der Waals surface area contributed by atoms with E-state index in [9.17, 15) is 9.90 Å². The normalized spacial score (nSPS) is 16.5. The summed E-state index contributed by atoms with van der Waals surface area (Å²) >= 11 is 7.00. The van der Waals surface area contributed by atoms with Crippen molar-refractivity contribution < 1.29 is 9.90 Å². The number of nitrogens with one attached hydrogen (secondary N) is 2. The van der Waals surface area contributed by atoms with E-state index in [1.165, 1.54) is 0 Å². The van der Waals surface area contributed by atoms with Gasteiger partial charge in [0.2, 0.25) is 0 Å². The zero-order chi connectivity index (χ0) is 35.3. The molecule has 1 amide bonds. The number of amidine groups is 1. The minimum atomic E-state index is -0.167. The van der Waals surface area contributed by atoms with Crippen LogP contribution in [0.25, 0.3) is 0 Å². The largest absolute Gasteiger partial charge is 0.507 e. The number of nitrogens with zero attached hydrogens (tertiary/aromatic N) is 4. The summed E-state index contributed by atoms with van der Waals surface area (Å²) in [5.41, 5.74) is 16.8. The van der Waals surface area contributed by atoms with Gasteiger partial charge >= 0.3 is 0 Å². The second-order valence-electron chi connectivity index (χ2n) is 13.5. The van der Waals surface area contributed by atoms with Gasteiger partial charge in [-0.1, -0.05) is 68.4 Å². The number of rotatable bonds is 10. The summed E-state index contributed by atoms with van der Waals surface area (Å²) in [6, 6.07) is 17.4. The van der Waals surface area contributed by atoms with Gasteiger partial charge in [0.25, 0.3) is 5.91 Å². The highest BCUT2D eigenvalue weighted by Crippen LogP contribution is 2.32. The lowest BCUT2D eigenvalue weighted by molar-refractivity contribution is 0.0748. The lowest BCUT2D eigenvalue weighted by atomic mass is 9.91. The van der Waals surface area contributed by atoms with Crippen molar-refractivity contribution in [3.8, 4) is 5.75 Å². The Balaban J connectivity index is 1.28. The Kier molecular flexibility index (Phi) is 11.2. The van der Waals surface area contributed by atoms with Crippen LogP contribution in [0.2, 0.25) is 5.02 Å². The van der Waals surface area contributed by atoms with Gasteiger partial charge in [-0.25, -0.2) is 4.99 Å². The third kappa shape index (κ3) is 8.35. The quantitative estimate of drug-likeness (QED) is 0.102. The maximum absolute atomic E-state index is 13.4. The number of anilines is 1. The van der Waals surface area contributed by atoms with Gasteiger partial charge in [0.05, 0.1) is 22.0 Å². The van der Waals surface area contributed by atoms with Crippen molar-refractivity contribution in [2.45, 2.75) is 71.6 Å². The van der Waals surface area contributed by atoms with Gasteiger partial charge < -0.3 is 31.4 Å². The molecule has 0 radical (unpaired) electrons. The van der Waals surface area contributed by atoms with E-state index < -0.39 is 0 Å². The standard InChI is InChI=1S/C39H48ClN7O2/c1-7-35(46-17-15-39(5,41)16-18-46)44-21-26(4)37(45-42-6)31-9-8-10-33(36(31)40)43-22-27-11-12-29-23-47(24-30(29)19-27)38(49)32-20-28(25(2)3)13-14-34(32)48/h7-14,19-21,25,42-43,48H,1,15-18,22-24,41H2,2-6H3/b26-21+,44-35?,45-37+. The molecule has 0 unspecified atom stereocenters. The number of hydrazone groups is 1. The number of amides is 1. The summed E-state index contributed by atoms with van der Waals surface area (Å²) in [6.07, 6.45) is 5.38. The molecule has 0 atom stereocenters. The number of aromatic hydroxyl groups is 1. The van der Waals surface area contributed by atoms with Gasteiger partial charge in [0.1, 0.15) is 11.6 Å². The molecule has 2 aliphatic heterocycles. The highest BCUT2D eigenvalue weighted by Gasteiger charge is 2.28. The number of nitrogens with two attached hydrogens (primary N) is 1. The molecule has 5 rings (SSSR count). The smallest absolute Gasteiger partial charge is 0.258 e. The van der Waals surface area contributed by atoms with Gasteiger partial charge in [0, 0.05) is 57.1 Å². The summed E-state index contributed by atoms with van der Waals surface area (Å²) in [4.78, 5) is 22.2. The number of fused-ring (bicyclic) bond motifs is 1. The van der Waals surface area contributed by atoms with Crippen LogP contribution in [0.4, 0.5) is 5.69 Å². The van der Waals surface area contributed by atoms with E-state index in [1.807, 2.05) is 31.2 Å². The number of carbonyl (C=O) groups is 1. The number of carbonyl (C=O) groups excluding carboxylic acids is 1. The topological polar surface area (TPSA) is 119 Å². The maximum Gasteiger partial charge on any atom is 0.258 e. The Labute approximate surface area is 295 Å². The monoisotopic (exact) mass is 681 g/mol. The molecule has 0 aliphatic carbocycles. The molecule has 49 heavy (non-hydrogen) atoms. The average molecular weight is 682 g/mol. The predicted octanol–water partition coefficient (Wildman–Crippen LogP) is 7.16. The number of likely N-dealkylation sites (tertiary alicyclic amines) is 1. The third-order valence-corrected chi connectivity index (χ3v) is 9.74. The molecule has 9 nitrogen and oxygen atoms in total. The van der Waals surface area contributed by atoms with Gasteiger partial charge in [-0.2, -0.15) is 5.10 Å². The fourth-order valence-corrected chi connectivity index (χ4v) is 6.49. The Hall–Kier alpha value is -4.60. The Morgan fingerprint density at radius 2 is 1.82 bits per heavy atom. The fraction of sp³-hybridized carbons (Fsp3) is 0.359. The van der Waals surface area contributed by atoms with Crippen LogP contribution < -0.4 is 16.5 Å². The zero-order valence-corrected chi connectivity index (χ0v) is 29.9. The summed E-state index contributed by atoms with van der Waals surface area (Å²) < 4.78 is 0. The van der Waals surface area contributed by atoms with Crippen LogP contribution in [0.5, 0.6) is 5.75 Å². The third-order valence-electron chi connectivity index (χ3n) is 9.33. The van der Waals surface area contributed by atoms with E-state index in [1.54, 1.807) is 36.4 Å². The molecular weight excluding hydrogens is 634 g/mol. The molecule has 2 heterocycles. The molecule has 0 spiro atoms. The van der Waals surface area contributed by atoms with E-state index in [0.29, 0.717) is 35.9 Å². The number of aliphatic imine (C=N–C) groups is 1. The number of hydrogen-bond donors (Lipinski definition) is 4. The van der Waals surface area contributed by atoms with Crippen molar-refractivity contribution >= 4 is 34.7 Å². The van der Waals surface area contributed by atoms with Crippen LogP contribution in [-0.4, -0.2) is 58.0 Å². The summed E-state index contributed by atoms with van der Waals surface area (Å²) in [5, 5.41) is 19.1. The van der Waals surface area contributed by atoms with Crippen LogP contribution in [0.15, 0.2) is 89.1 Å². The molecule has 3 aromatic carbocycles. The first-order chi connectivity index (χ1) is 23.4. The SMILES string of the molecule is C=CC(=N/C=C(C)/C(=N\NC)c1cccc(NCc2ccc3c(c2)CN(C(=O)c2cc(C(C)C)ccc2O)C3)c1Cl)N1CCC(C)(N)CC1. The number of halogens is 1. The highest BCUT2D eigenvalue weighted by atomic mass is 35.5. The van der Waals surface area contributed by atoms with Crippen LogP contribution in [-0.2, 0) is 19.6 Å². The predicted molar refractivity (Wildman–Crippen MR) is 201 cm³/mol. The Morgan fingerprint density at radius 1 is 1.08 bits per heavy atom. The van der Waals surface area contributed by atoms with E-state index in [-0.39, 0.29) is 23.1 Å². The van der Waals surface area contributed by atoms with Crippen LogP contribution in [0.1, 0.15) is 84.6 Å². The maximum atomic E-state index is 13.4. The second kappa shape index (κ2) is 15.3. The average Bonchev–Trinajstić information content (AvgIpc) is 3.51. The number of hydrogen-bond acceptors (Lipinski definition) is 7. The number of phenols is 1. The van der Waals surface area contributed by atoms with Crippen LogP contribution in [0.3, 0.4) is 0 Å². The first kappa shape index (κ1) is 35.7. The fourth-order valence-electron chi connectivity index (χ4n) is 6.21. The summed E-state index contributed by atoms with van der Waals surface area (Å²) in [6.45, 7) is 15.4. The molecule has 3 aromatic rings.